The van der Waals surface area contributed by atoms with E-state index in [9.17, 15) is 0 Å². The molecule has 0 aliphatic rings. The van der Waals surface area contributed by atoms with E-state index >= 15 is 0 Å². The van der Waals surface area contributed by atoms with Crippen molar-refractivity contribution in [3.05, 3.63) is 28.5 Å². The molecule has 0 radical (unpaired) electrons. The Bertz CT molecular complexity index is 406. The number of nitrogens with zero attached hydrogens (tertiary/aromatic N) is 1. The molecule has 62 valence electrons. The van der Waals surface area contributed by atoms with Gasteiger partial charge >= 0.3 is 0 Å². The van der Waals surface area contributed by atoms with Crippen molar-refractivity contribution in [2.45, 2.75) is 13.3 Å². The monoisotopic (exact) mass is 224 g/mol. The largest absolute Gasteiger partial charge is 0.346 e. The highest BCUT2D eigenvalue weighted by Crippen LogP contribution is 2.25. The molecule has 2 nitrogen and oxygen atoms in total. The van der Waals surface area contributed by atoms with Gasteiger partial charge in [0.2, 0.25) is 0 Å². The number of fused-ring (bicyclic) bond motifs is 1. The molecule has 12 heavy (non-hydrogen) atoms. The van der Waals surface area contributed by atoms with Crippen molar-refractivity contribution in [1.29, 1.82) is 0 Å². The topological polar surface area (TPSA) is 28.7 Å². The van der Waals surface area contributed by atoms with E-state index in [-0.39, 0.29) is 0 Å². The third-order valence-corrected chi connectivity index (χ3v) is 2.65. The standard InChI is InChI=1S/C9H9BrN2/c1-2-6-5-12-9-8(6)7(10)3-4-11-9/h3-5H,2H2,1H3,(H,11,12). The van der Waals surface area contributed by atoms with Gasteiger partial charge in [-0.05, 0) is 34.0 Å². The number of hydrogen-bond donors (Lipinski definition) is 1. The van der Waals surface area contributed by atoms with Gasteiger partial charge in [0, 0.05) is 22.3 Å². The Morgan fingerprint density at radius 3 is 3.17 bits per heavy atom. The average molecular weight is 225 g/mol. The zero-order valence-electron chi connectivity index (χ0n) is 6.76. The fourth-order valence-corrected chi connectivity index (χ4v) is 1.92. The van der Waals surface area contributed by atoms with E-state index < -0.39 is 0 Å². The van der Waals surface area contributed by atoms with Crippen LogP contribution in [0.1, 0.15) is 12.5 Å². The summed E-state index contributed by atoms with van der Waals surface area (Å²) in [7, 11) is 0. The van der Waals surface area contributed by atoms with Crippen molar-refractivity contribution < 1.29 is 0 Å². The van der Waals surface area contributed by atoms with Gasteiger partial charge in [0.15, 0.2) is 0 Å². The number of H-pyrrole nitrogens is 1. The Kier molecular flexibility index (Phi) is 1.89. The summed E-state index contributed by atoms with van der Waals surface area (Å²) in [4.78, 5) is 7.36. The molecule has 2 aromatic heterocycles. The maximum absolute atomic E-state index is 4.23. The summed E-state index contributed by atoms with van der Waals surface area (Å²) in [5.41, 5.74) is 2.27. The minimum Gasteiger partial charge on any atom is -0.346 e. The van der Waals surface area contributed by atoms with Crippen molar-refractivity contribution >= 4 is 27.0 Å². The molecule has 2 heterocycles. The van der Waals surface area contributed by atoms with Crippen molar-refractivity contribution in [3.8, 4) is 0 Å². The van der Waals surface area contributed by atoms with Crippen LogP contribution in [-0.2, 0) is 6.42 Å². The maximum atomic E-state index is 4.23. The van der Waals surface area contributed by atoms with E-state index in [0.717, 1.165) is 16.5 Å². The average Bonchev–Trinajstić information content (AvgIpc) is 2.49. The van der Waals surface area contributed by atoms with Crippen LogP contribution in [0.25, 0.3) is 11.0 Å². The third-order valence-electron chi connectivity index (χ3n) is 1.99. The zero-order chi connectivity index (χ0) is 8.55. The summed E-state index contributed by atoms with van der Waals surface area (Å²) in [5, 5.41) is 1.21. The summed E-state index contributed by atoms with van der Waals surface area (Å²) in [6.45, 7) is 2.14. The molecule has 0 aliphatic heterocycles. The number of rotatable bonds is 1. The molecule has 2 aromatic rings. The quantitative estimate of drug-likeness (QED) is 0.794. The first-order chi connectivity index (χ1) is 5.83. The van der Waals surface area contributed by atoms with Crippen LogP contribution in [0.5, 0.6) is 0 Å². The van der Waals surface area contributed by atoms with Gasteiger partial charge in [-0.2, -0.15) is 0 Å². The summed E-state index contributed by atoms with van der Waals surface area (Å²) in [6.07, 6.45) is 4.84. The second-order valence-electron chi connectivity index (χ2n) is 2.68. The van der Waals surface area contributed by atoms with E-state index in [4.69, 9.17) is 0 Å². The fourth-order valence-electron chi connectivity index (χ4n) is 1.36. The highest BCUT2D eigenvalue weighted by molar-refractivity contribution is 9.10. The van der Waals surface area contributed by atoms with Gasteiger partial charge in [-0.1, -0.05) is 6.92 Å². The molecule has 0 unspecified atom stereocenters. The van der Waals surface area contributed by atoms with Crippen LogP contribution in [0.3, 0.4) is 0 Å². The number of aromatic amines is 1. The van der Waals surface area contributed by atoms with Gasteiger partial charge in [-0.15, -0.1) is 0 Å². The van der Waals surface area contributed by atoms with E-state index in [1.807, 2.05) is 12.3 Å². The van der Waals surface area contributed by atoms with Crippen molar-refractivity contribution in [1.82, 2.24) is 9.97 Å². The molecule has 0 amide bonds. The van der Waals surface area contributed by atoms with Crippen molar-refractivity contribution in [2.24, 2.45) is 0 Å². The predicted octanol–water partition coefficient (Wildman–Crippen LogP) is 2.89. The third kappa shape index (κ3) is 1.05. The van der Waals surface area contributed by atoms with E-state index in [1.54, 1.807) is 6.20 Å². The van der Waals surface area contributed by atoms with Crippen molar-refractivity contribution in [3.63, 3.8) is 0 Å². The normalized spacial score (nSPS) is 10.8. The predicted molar refractivity (Wildman–Crippen MR) is 53.2 cm³/mol. The van der Waals surface area contributed by atoms with Gasteiger partial charge in [0.05, 0.1) is 0 Å². The Morgan fingerprint density at radius 2 is 2.42 bits per heavy atom. The van der Waals surface area contributed by atoms with Gasteiger partial charge in [0.25, 0.3) is 0 Å². The van der Waals surface area contributed by atoms with Gasteiger partial charge < -0.3 is 4.98 Å². The first kappa shape index (κ1) is 7.80. The zero-order valence-corrected chi connectivity index (χ0v) is 8.35. The lowest BCUT2D eigenvalue weighted by Gasteiger charge is -1.95. The second kappa shape index (κ2) is 2.90. The molecule has 0 saturated heterocycles. The van der Waals surface area contributed by atoms with Crippen LogP contribution in [0.4, 0.5) is 0 Å². The maximum Gasteiger partial charge on any atom is 0.138 e. The van der Waals surface area contributed by atoms with Crippen LogP contribution < -0.4 is 0 Å². The Morgan fingerprint density at radius 1 is 1.58 bits per heavy atom. The molecular formula is C9H9BrN2. The Labute approximate surface area is 79.1 Å². The van der Waals surface area contributed by atoms with E-state index in [0.29, 0.717) is 0 Å². The smallest absolute Gasteiger partial charge is 0.138 e. The van der Waals surface area contributed by atoms with Crippen molar-refractivity contribution in [2.75, 3.05) is 0 Å². The van der Waals surface area contributed by atoms with Crippen LogP contribution >= 0.6 is 15.9 Å². The molecule has 0 aromatic carbocycles. The van der Waals surface area contributed by atoms with Crippen LogP contribution in [0.15, 0.2) is 22.9 Å². The van der Waals surface area contributed by atoms with Crippen LogP contribution in [0.2, 0.25) is 0 Å². The van der Waals surface area contributed by atoms with Gasteiger partial charge in [0.1, 0.15) is 5.65 Å². The number of aromatic nitrogens is 2. The molecule has 0 aliphatic carbocycles. The molecule has 0 saturated carbocycles. The molecule has 0 fully saturated rings. The fraction of sp³-hybridized carbons (Fsp3) is 0.222. The second-order valence-corrected chi connectivity index (χ2v) is 3.54. The SMILES string of the molecule is CCc1c[nH]c2nccc(Br)c12. The lowest BCUT2D eigenvalue weighted by Crippen LogP contribution is -1.79. The lowest BCUT2D eigenvalue weighted by atomic mass is 10.2. The first-order valence-electron chi connectivity index (χ1n) is 3.93. The lowest BCUT2D eigenvalue weighted by molar-refractivity contribution is 1.15. The summed E-state index contributed by atoms with van der Waals surface area (Å²) in [6, 6.07) is 1.97. The summed E-state index contributed by atoms with van der Waals surface area (Å²) < 4.78 is 1.12. The Hall–Kier alpha value is -0.830. The van der Waals surface area contributed by atoms with Gasteiger partial charge in [-0.25, -0.2) is 4.98 Å². The minimum absolute atomic E-state index is 0.959. The number of halogens is 1. The van der Waals surface area contributed by atoms with Crippen LogP contribution in [-0.4, -0.2) is 9.97 Å². The molecule has 1 N–H and O–H groups in total. The Balaban J connectivity index is 2.83. The van der Waals surface area contributed by atoms with Crippen LogP contribution in [0, 0.1) is 0 Å². The molecular weight excluding hydrogens is 216 g/mol. The minimum atomic E-state index is 0.959. The van der Waals surface area contributed by atoms with E-state index in [2.05, 4.69) is 32.8 Å². The number of aryl methyl sites for hydroxylation is 1. The highest BCUT2D eigenvalue weighted by atomic mass is 79.9. The van der Waals surface area contributed by atoms with E-state index in [1.165, 1.54) is 10.9 Å². The highest BCUT2D eigenvalue weighted by Gasteiger charge is 2.05. The molecule has 0 bridgehead atoms. The molecule has 3 heteroatoms. The molecule has 2 rings (SSSR count). The molecule has 0 atom stereocenters. The van der Waals surface area contributed by atoms with Gasteiger partial charge in [-0.3, -0.25) is 0 Å². The number of hydrogen-bond acceptors (Lipinski definition) is 1. The first-order valence-corrected chi connectivity index (χ1v) is 4.72. The summed E-state index contributed by atoms with van der Waals surface area (Å²) >= 11 is 3.51. The summed E-state index contributed by atoms with van der Waals surface area (Å²) in [5.74, 6) is 0. The number of pyridine rings is 1. The molecule has 0 spiro atoms. The number of nitrogens with one attached hydrogen (secondary N) is 1.